The van der Waals surface area contributed by atoms with E-state index in [1.54, 1.807) is 21.9 Å². The molecule has 0 saturated carbocycles. The largest absolute Gasteiger partial charge is 0.444 e. The number of furan rings is 1. The van der Waals surface area contributed by atoms with Crippen molar-refractivity contribution in [3.05, 3.63) is 22.6 Å². The molecule has 0 aliphatic carbocycles. The van der Waals surface area contributed by atoms with E-state index in [1.807, 2.05) is 6.92 Å². The zero-order valence-electron chi connectivity index (χ0n) is 10.2. The Kier molecular flexibility index (Phi) is 4.06. The van der Waals surface area contributed by atoms with Crippen LogP contribution in [0.4, 0.5) is 0 Å². The van der Waals surface area contributed by atoms with Gasteiger partial charge in [0.25, 0.3) is 5.91 Å². The van der Waals surface area contributed by atoms with Gasteiger partial charge in [0, 0.05) is 32.6 Å². The second-order valence-corrected chi connectivity index (χ2v) is 4.91. The fourth-order valence-electron chi connectivity index (χ4n) is 1.97. The van der Waals surface area contributed by atoms with E-state index in [0.717, 1.165) is 0 Å². The van der Waals surface area contributed by atoms with Gasteiger partial charge in [0.2, 0.25) is 5.91 Å². The van der Waals surface area contributed by atoms with Crippen molar-refractivity contribution in [1.82, 2.24) is 9.80 Å². The molecule has 1 fully saturated rings. The molecule has 2 heterocycles. The number of amides is 2. The van der Waals surface area contributed by atoms with Crippen LogP contribution in [-0.2, 0) is 4.79 Å². The predicted octanol–water partition coefficient (Wildman–Crippen LogP) is 1.74. The highest BCUT2D eigenvalue weighted by Gasteiger charge is 2.25. The summed E-state index contributed by atoms with van der Waals surface area (Å²) in [6, 6.07) is 3.35. The van der Waals surface area contributed by atoms with Gasteiger partial charge >= 0.3 is 0 Å². The summed E-state index contributed by atoms with van der Waals surface area (Å²) in [6.07, 6.45) is 0.513. The molecule has 2 rings (SSSR count). The minimum atomic E-state index is -0.121. The number of hydrogen-bond acceptors (Lipinski definition) is 3. The Morgan fingerprint density at radius 3 is 2.33 bits per heavy atom. The molecule has 0 radical (unpaired) electrons. The molecule has 1 aliphatic rings. The molecule has 98 valence electrons. The molecule has 0 bridgehead atoms. The predicted molar refractivity (Wildman–Crippen MR) is 69.2 cm³/mol. The van der Waals surface area contributed by atoms with Crippen molar-refractivity contribution in [2.24, 2.45) is 0 Å². The quantitative estimate of drug-likeness (QED) is 0.835. The molecule has 0 aromatic carbocycles. The lowest BCUT2D eigenvalue weighted by atomic mass is 10.2. The van der Waals surface area contributed by atoms with Crippen LogP contribution in [0.5, 0.6) is 0 Å². The summed E-state index contributed by atoms with van der Waals surface area (Å²) in [5.74, 6) is 0.351. The van der Waals surface area contributed by atoms with Crippen molar-refractivity contribution >= 4 is 27.7 Å². The molecule has 1 aliphatic heterocycles. The van der Waals surface area contributed by atoms with Crippen molar-refractivity contribution in [3.63, 3.8) is 0 Å². The van der Waals surface area contributed by atoms with E-state index in [9.17, 15) is 9.59 Å². The Bertz CT molecular complexity index is 450. The Labute approximate surface area is 114 Å². The highest BCUT2D eigenvalue weighted by molar-refractivity contribution is 9.10. The normalized spacial score (nSPS) is 15.9. The molecule has 0 spiro atoms. The summed E-state index contributed by atoms with van der Waals surface area (Å²) in [4.78, 5) is 27.1. The zero-order chi connectivity index (χ0) is 13.1. The van der Waals surface area contributed by atoms with Crippen molar-refractivity contribution in [3.8, 4) is 0 Å². The zero-order valence-corrected chi connectivity index (χ0v) is 11.8. The van der Waals surface area contributed by atoms with Crippen LogP contribution >= 0.6 is 15.9 Å². The first kappa shape index (κ1) is 13.1. The van der Waals surface area contributed by atoms with E-state index in [1.165, 1.54) is 0 Å². The summed E-state index contributed by atoms with van der Waals surface area (Å²) in [5, 5.41) is 0. The summed E-state index contributed by atoms with van der Waals surface area (Å²) < 4.78 is 5.79. The van der Waals surface area contributed by atoms with Gasteiger partial charge in [0.15, 0.2) is 10.4 Å². The summed E-state index contributed by atoms with van der Waals surface area (Å²) in [6.45, 7) is 4.16. The van der Waals surface area contributed by atoms with Crippen LogP contribution in [0.1, 0.15) is 23.9 Å². The fourth-order valence-corrected chi connectivity index (χ4v) is 2.27. The number of nitrogens with zero attached hydrogens (tertiary/aromatic N) is 2. The van der Waals surface area contributed by atoms with Crippen LogP contribution in [-0.4, -0.2) is 47.8 Å². The third kappa shape index (κ3) is 2.75. The number of carbonyl (C=O) groups is 2. The molecule has 5 nitrogen and oxygen atoms in total. The highest BCUT2D eigenvalue weighted by Crippen LogP contribution is 2.16. The van der Waals surface area contributed by atoms with Crippen LogP contribution in [0.2, 0.25) is 0 Å². The van der Waals surface area contributed by atoms with Crippen molar-refractivity contribution in [2.75, 3.05) is 26.2 Å². The topological polar surface area (TPSA) is 53.8 Å². The van der Waals surface area contributed by atoms with Gasteiger partial charge in [-0.05, 0) is 28.1 Å². The third-order valence-corrected chi connectivity index (χ3v) is 3.43. The van der Waals surface area contributed by atoms with Crippen molar-refractivity contribution in [2.45, 2.75) is 13.3 Å². The lowest BCUT2D eigenvalue weighted by Gasteiger charge is -2.34. The molecule has 6 heteroatoms. The van der Waals surface area contributed by atoms with E-state index >= 15 is 0 Å². The monoisotopic (exact) mass is 314 g/mol. The Morgan fingerprint density at radius 1 is 1.22 bits per heavy atom. The van der Waals surface area contributed by atoms with Gasteiger partial charge in [0.1, 0.15) is 0 Å². The molecule has 18 heavy (non-hydrogen) atoms. The molecule has 0 atom stereocenters. The minimum absolute atomic E-state index is 0.121. The standard InChI is InChI=1S/C12H15BrN2O3/c1-2-11(16)14-5-7-15(8-6-14)12(17)9-3-4-10(13)18-9/h3-4H,2,5-8H2,1H3. The number of hydrogen-bond donors (Lipinski definition) is 0. The maximum atomic E-state index is 12.1. The molecule has 2 amide bonds. The van der Waals surface area contributed by atoms with Crippen LogP contribution < -0.4 is 0 Å². The van der Waals surface area contributed by atoms with Crippen molar-refractivity contribution in [1.29, 1.82) is 0 Å². The van der Waals surface area contributed by atoms with Gasteiger partial charge in [-0.25, -0.2) is 0 Å². The smallest absolute Gasteiger partial charge is 0.289 e. The van der Waals surface area contributed by atoms with Crippen LogP contribution in [0, 0.1) is 0 Å². The Morgan fingerprint density at radius 2 is 1.83 bits per heavy atom. The van der Waals surface area contributed by atoms with Gasteiger partial charge in [0.05, 0.1) is 0 Å². The van der Waals surface area contributed by atoms with Gasteiger partial charge < -0.3 is 14.2 Å². The molecular weight excluding hydrogens is 300 g/mol. The number of carbonyl (C=O) groups excluding carboxylic acids is 2. The van der Waals surface area contributed by atoms with E-state index in [-0.39, 0.29) is 11.8 Å². The lowest BCUT2D eigenvalue weighted by Crippen LogP contribution is -2.50. The second kappa shape index (κ2) is 5.56. The van der Waals surface area contributed by atoms with Crippen LogP contribution in [0.15, 0.2) is 21.2 Å². The van der Waals surface area contributed by atoms with E-state index < -0.39 is 0 Å². The van der Waals surface area contributed by atoms with E-state index in [4.69, 9.17) is 4.42 Å². The first-order valence-corrected chi connectivity index (χ1v) is 6.73. The molecular formula is C12H15BrN2O3. The third-order valence-electron chi connectivity index (χ3n) is 3.01. The van der Waals surface area contributed by atoms with E-state index in [2.05, 4.69) is 15.9 Å². The summed E-state index contributed by atoms with van der Waals surface area (Å²) in [7, 11) is 0. The van der Waals surface area contributed by atoms with Gasteiger partial charge in [-0.1, -0.05) is 6.92 Å². The van der Waals surface area contributed by atoms with Gasteiger partial charge in [-0.2, -0.15) is 0 Å². The average Bonchev–Trinajstić information content (AvgIpc) is 2.84. The Balaban J connectivity index is 1.94. The summed E-state index contributed by atoms with van der Waals surface area (Å²) in [5.41, 5.74) is 0. The number of halogens is 1. The maximum Gasteiger partial charge on any atom is 0.289 e. The fraction of sp³-hybridized carbons (Fsp3) is 0.500. The first-order valence-electron chi connectivity index (χ1n) is 5.94. The van der Waals surface area contributed by atoms with E-state index in [0.29, 0.717) is 43.0 Å². The maximum absolute atomic E-state index is 12.1. The average molecular weight is 315 g/mol. The van der Waals surface area contributed by atoms with Gasteiger partial charge in [-0.15, -0.1) is 0 Å². The second-order valence-electron chi connectivity index (χ2n) is 4.13. The molecule has 0 unspecified atom stereocenters. The lowest BCUT2D eigenvalue weighted by molar-refractivity contribution is -0.132. The summed E-state index contributed by atoms with van der Waals surface area (Å²) >= 11 is 3.17. The van der Waals surface area contributed by atoms with Crippen LogP contribution in [0.3, 0.4) is 0 Å². The Hall–Kier alpha value is -1.30. The minimum Gasteiger partial charge on any atom is -0.444 e. The number of rotatable bonds is 2. The highest BCUT2D eigenvalue weighted by atomic mass is 79.9. The van der Waals surface area contributed by atoms with Crippen LogP contribution in [0.25, 0.3) is 0 Å². The molecule has 1 aromatic heterocycles. The van der Waals surface area contributed by atoms with Gasteiger partial charge in [-0.3, -0.25) is 9.59 Å². The molecule has 0 N–H and O–H groups in total. The number of piperazine rings is 1. The molecule has 1 saturated heterocycles. The SMILES string of the molecule is CCC(=O)N1CCN(C(=O)c2ccc(Br)o2)CC1. The first-order chi connectivity index (χ1) is 8.61. The molecule has 1 aromatic rings. The van der Waals surface area contributed by atoms with Crippen molar-refractivity contribution < 1.29 is 14.0 Å².